The zero-order chi connectivity index (χ0) is 26.6. The Morgan fingerprint density at radius 2 is 1.54 bits per heavy atom. The number of ketones is 1. The molecule has 0 aromatic heterocycles. The molecule has 0 heterocycles. The molecular formula is C28H22F3NO4S. The van der Waals surface area contributed by atoms with Gasteiger partial charge in [0.25, 0.3) is 10.0 Å². The summed E-state index contributed by atoms with van der Waals surface area (Å²) in [5.74, 6) is -0.410. The third kappa shape index (κ3) is 6.56. The Morgan fingerprint density at radius 3 is 2.24 bits per heavy atom. The lowest BCUT2D eigenvalue weighted by molar-refractivity contribution is -0.137. The molecule has 0 saturated carbocycles. The van der Waals surface area contributed by atoms with Crippen molar-refractivity contribution in [1.82, 2.24) is 0 Å². The van der Waals surface area contributed by atoms with Crippen LogP contribution >= 0.6 is 0 Å². The largest absolute Gasteiger partial charge is 0.508 e. The number of carbonyl (C=O) groups is 1. The summed E-state index contributed by atoms with van der Waals surface area (Å²) in [4.78, 5) is 12.9. The van der Waals surface area contributed by atoms with Gasteiger partial charge >= 0.3 is 6.18 Å². The lowest BCUT2D eigenvalue weighted by Gasteiger charge is -2.14. The molecule has 0 radical (unpaired) electrons. The number of phenolic OH excluding ortho intramolecular Hbond substituents is 1. The van der Waals surface area contributed by atoms with Gasteiger partial charge in [-0.15, -0.1) is 0 Å². The molecule has 0 bridgehead atoms. The van der Waals surface area contributed by atoms with Crippen LogP contribution < -0.4 is 4.72 Å². The van der Waals surface area contributed by atoms with Gasteiger partial charge in [0.2, 0.25) is 0 Å². The molecule has 0 unspecified atom stereocenters. The highest BCUT2D eigenvalue weighted by Gasteiger charge is 2.30. The maximum Gasteiger partial charge on any atom is 0.416 e. The van der Waals surface area contributed by atoms with E-state index >= 15 is 0 Å². The fourth-order valence-electron chi connectivity index (χ4n) is 3.92. The third-order valence-electron chi connectivity index (χ3n) is 5.61. The number of rotatable bonds is 8. The summed E-state index contributed by atoms with van der Waals surface area (Å²) in [5.41, 5.74) is 1.15. The Kier molecular flexibility index (Phi) is 7.35. The summed E-state index contributed by atoms with van der Waals surface area (Å²) < 4.78 is 67.7. The predicted molar refractivity (Wildman–Crippen MR) is 135 cm³/mol. The molecule has 0 atom stereocenters. The summed E-state index contributed by atoms with van der Waals surface area (Å²) in [6, 6.07) is 23.4. The molecular weight excluding hydrogens is 503 g/mol. The van der Waals surface area contributed by atoms with Gasteiger partial charge in [0.15, 0.2) is 0 Å². The van der Waals surface area contributed by atoms with E-state index in [-0.39, 0.29) is 29.1 Å². The molecule has 4 rings (SSSR count). The summed E-state index contributed by atoms with van der Waals surface area (Å²) in [6.07, 6.45) is -5.02. The minimum atomic E-state index is -4.53. The fourth-order valence-corrected chi connectivity index (χ4v) is 5.03. The highest BCUT2D eigenvalue weighted by molar-refractivity contribution is 7.92. The molecule has 4 aromatic rings. The number of sulfonamides is 1. The maximum atomic E-state index is 13.1. The highest BCUT2D eigenvalue weighted by Crippen LogP contribution is 2.31. The second kappa shape index (κ2) is 10.5. The Balaban J connectivity index is 1.67. The molecule has 37 heavy (non-hydrogen) atoms. The van der Waals surface area contributed by atoms with Crippen LogP contribution in [0.5, 0.6) is 5.75 Å². The van der Waals surface area contributed by atoms with Crippen LogP contribution in [0.15, 0.2) is 102 Å². The molecule has 0 aliphatic heterocycles. The Morgan fingerprint density at radius 1 is 0.811 bits per heavy atom. The van der Waals surface area contributed by atoms with E-state index in [2.05, 4.69) is 4.72 Å². The van der Waals surface area contributed by atoms with E-state index < -0.39 is 27.5 Å². The molecule has 0 saturated heterocycles. The number of hydrogen-bond acceptors (Lipinski definition) is 4. The van der Waals surface area contributed by atoms with Gasteiger partial charge in [0.1, 0.15) is 11.5 Å². The number of phenols is 1. The van der Waals surface area contributed by atoms with Gasteiger partial charge in [-0.25, -0.2) is 8.42 Å². The summed E-state index contributed by atoms with van der Waals surface area (Å²) in [7, 11) is -4.00. The molecule has 0 fully saturated rings. The standard InChI is InChI=1S/C28H22F3NO4S/c29-28(30,31)22-8-4-6-19(14-22)15-25(34)17-21-18-26(37(35,36)32-23-9-2-1-3-10-23)12-13-27(21)20-7-5-11-24(33)16-20/h1-14,16,18,32-33H,15,17H2. The zero-order valence-corrected chi connectivity index (χ0v) is 20.2. The van der Waals surface area contributed by atoms with Crippen LogP contribution in [0.4, 0.5) is 18.9 Å². The Hall–Kier alpha value is -4.11. The van der Waals surface area contributed by atoms with Crippen molar-refractivity contribution in [3.05, 3.63) is 114 Å². The van der Waals surface area contributed by atoms with E-state index in [1.54, 1.807) is 48.5 Å². The first-order valence-electron chi connectivity index (χ1n) is 11.2. The van der Waals surface area contributed by atoms with Crippen molar-refractivity contribution in [1.29, 1.82) is 0 Å². The van der Waals surface area contributed by atoms with Crippen molar-refractivity contribution in [2.75, 3.05) is 4.72 Å². The average molecular weight is 526 g/mol. The number of para-hydroxylation sites is 1. The van der Waals surface area contributed by atoms with Gasteiger partial charge in [0.05, 0.1) is 10.5 Å². The van der Waals surface area contributed by atoms with E-state index in [1.807, 2.05) is 0 Å². The number of alkyl halides is 3. The third-order valence-corrected chi connectivity index (χ3v) is 6.99. The first-order valence-corrected chi connectivity index (χ1v) is 12.7. The number of benzene rings is 4. The van der Waals surface area contributed by atoms with Crippen LogP contribution in [0.3, 0.4) is 0 Å². The highest BCUT2D eigenvalue weighted by atomic mass is 32.2. The topological polar surface area (TPSA) is 83.5 Å². The number of halogens is 3. The lowest BCUT2D eigenvalue weighted by atomic mass is 9.94. The Bertz CT molecular complexity index is 1530. The van der Waals surface area contributed by atoms with Crippen molar-refractivity contribution in [2.24, 2.45) is 0 Å². The molecule has 4 aromatic carbocycles. The van der Waals surface area contributed by atoms with Crippen molar-refractivity contribution in [3.8, 4) is 16.9 Å². The van der Waals surface area contributed by atoms with Gasteiger partial charge in [-0.3, -0.25) is 9.52 Å². The van der Waals surface area contributed by atoms with E-state index in [9.17, 15) is 31.5 Å². The fraction of sp³-hybridized carbons (Fsp3) is 0.107. The van der Waals surface area contributed by atoms with Gasteiger partial charge in [-0.1, -0.05) is 54.6 Å². The molecule has 5 nitrogen and oxygen atoms in total. The van der Waals surface area contributed by atoms with Crippen LogP contribution in [0, 0.1) is 0 Å². The maximum absolute atomic E-state index is 13.1. The summed E-state index contributed by atoms with van der Waals surface area (Å²) in [5, 5.41) is 9.92. The normalized spacial score (nSPS) is 11.8. The van der Waals surface area contributed by atoms with Gasteiger partial charge in [-0.2, -0.15) is 13.2 Å². The molecule has 9 heteroatoms. The van der Waals surface area contributed by atoms with E-state index in [0.29, 0.717) is 22.4 Å². The number of anilines is 1. The SMILES string of the molecule is O=C(Cc1cccc(C(F)(F)F)c1)Cc1cc(S(=O)(=O)Nc2ccccc2)ccc1-c1cccc(O)c1. The number of Topliss-reactive ketones (excluding diaryl/α,β-unsaturated/α-hetero) is 1. The second-order valence-corrected chi connectivity index (χ2v) is 10.1. The minimum absolute atomic E-state index is 0.0128. The van der Waals surface area contributed by atoms with E-state index in [1.165, 1.54) is 36.4 Å². The molecule has 0 amide bonds. The summed E-state index contributed by atoms with van der Waals surface area (Å²) >= 11 is 0. The second-order valence-electron chi connectivity index (χ2n) is 8.43. The monoisotopic (exact) mass is 525 g/mol. The quantitative estimate of drug-likeness (QED) is 0.286. The van der Waals surface area contributed by atoms with Crippen LogP contribution in [-0.2, 0) is 33.8 Å². The van der Waals surface area contributed by atoms with Crippen molar-refractivity contribution in [3.63, 3.8) is 0 Å². The zero-order valence-electron chi connectivity index (χ0n) is 19.4. The molecule has 2 N–H and O–H groups in total. The number of aromatic hydroxyl groups is 1. The summed E-state index contributed by atoms with van der Waals surface area (Å²) in [6.45, 7) is 0. The smallest absolute Gasteiger partial charge is 0.416 e. The molecule has 0 aliphatic carbocycles. The van der Waals surface area contributed by atoms with Gasteiger partial charge in [0, 0.05) is 18.5 Å². The average Bonchev–Trinajstić information content (AvgIpc) is 2.84. The van der Waals surface area contributed by atoms with Crippen LogP contribution in [0.25, 0.3) is 11.1 Å². The van der Waals surface area contributed by atoms with Crippen LogP contribution in [0.1, 0.15) is 16.7 Å². The van der Waals surface area contributed by atoms with Gasteiger partial charge in [-0.05, 0) is 64.7 Å². The first-order chi connectivity index (χ1) is 17.5. The Labute approximate surface area is 212 Å². The molecule has 0 aliphatic rings. The first kappa shape index (κ1) is 26.0. The lowest BCUT2D eigenvalue weighted by Crippen LogP contribution is -2.14. The van der Waals surface area contributed by atoms with Crippen LogP contribution in [-0.4, -0.2) is 19.3 Å². The predicted octanol–water partition coefficient (Wildman–Crippen LogP) is 6.23. The van der Waals surface area contributed by atoms with Crippen LogP contribution in [0.2, 0.25) is 0 Å². The van der Waals surface area contributed by atoms with Crippen molar-refractivity contribution in [2.45, 2.75) is 23.9 Å². The van der Waals surface area contributed by atoms with E-state index in [4.69, 9.17) is 0 Å². The minimum Gasteiger partial charge on any atom is -0.508 e. The van der Waals surface area contributed by atoms with Crippen molar-refractivity contribution >= 4 is 21.5 Å². The number of hydrogen-bond donors (Lipinski definition) is 2. The number of nitrogens with one attached hydrogen (secondary N) is 1. The van der Waals surface area contributed by atoms with E-state index in [0.717, 1.165) is 12.1 Å². The molecule has 190 valence electrons. The van der Waals surface area contributed by atoms with Gasteiger partial charge < -0.3 is 5.11 Å². The number of carbonyl (C=O) groups excluding carboxylic acids is 1. The molecule has 0 spiro atoms. The van der Waals surface area contributed by atoms with Crippen molar-refractivity contribution < 1.29 is 31.5 Å².